The van der Waals surface area contributed by atoms with Crippen molar-refractivity contribution in [3.63, 3.8) is 0 Å². The molecule has 0 heterocycles. The van der Waals surface area contributed by atoms with E-state index in [1.165, 1.54) is 15.9 Å². The van der Waals surface area contributed by atoms with Crippen LogP contribution in [-0.4, -0.2) is 9.52 Å². The monoisotopic (exact) mass is 487 g/mol. The average Bonchev–Trinajstić information content (AvgIpc) is 3.34. The molecule has 0 unspecified atom stereocenters. The summed E-state index contributed by atoms with van der Waals surface area (Å²) in [7, 11) is 0.271. The van der Waals surface area contributed by atoms with Gasteiger partial charge in [-0.25, -0.2) is 24.3 Å². The fourth-order valence-corrected chi connectivity index (χ4v) is 3.30. The molecule has 0 spiro atoms. The van der Waals surface area contributed by atoms with Crippen LogP contribution < -0.4 is 35.2 Å². The van der Waals surface area contributed by atoms with Crippen LogP contribution in [0.3, 0.4) is 0 Å². The van der Waals surface area contributed by atoms with E-state index in [1.54, 1.807) is 0 Å². The predicted molar refractivity (Wildman–Crippen MR) is 108 cm³/mol. The van der Waals surface area contributed by atoms with Crippen LogP contribution in [0.15, 0.2) is 115 Å². The van der Waals surface area contributed by atoms with Gasteiger partial charge in [0.25, 0.3) is 0 Å². The van der Waals surface area contributed by atoms with Crippen molar-refractivity contribution in [3.8, 4) is 0 Å². The molecule has 0 atom stereocenters. The van der Waals surface area contributed by atoms with Gasteiger partial charge in [-0.2, -0.15) is 35.9 Å². The first-order valence-corrected chi connectivity index (χ1v) is 9.30. The summed E-state index contributed by atoms with van der Waals surface area (Å²) < 4.78 is 0. The van der Waals surface area contributed by atoms with Crippen LogP contribution >= 0.6 is 0 Å². The van der Waals surface area contributed by atoms with Crippen LogP contribution in [-0.2, 0) is 26.2 Å². The average molecular weight is 490 g/mol. The van der Waals surface area contributed by atoms with E-state index in [0.29, 0.717) is 0 Å². The van der Waals surface area contributed by atoms with Crippen LogP contribution in [0.2, 0.25) is 0 Å². The fraction of sp³-hybridized carbons (Fsp3) is 0.0435. The van der Waals surface area contributed by atoms with Crippen molar-refractivity contribution in [1.82, 2.24) is 0 Å². The van der Waals surface area contributed by atoms with Gasteiger partial charge in [-0.05, 0) is 0 Å². The molecule has 0 amide bonds. The molecule has 27 heavy (non-hydrogen) atoms. The maximum atomic E-state index is 2.20. The molecule has 0 aliphatic carbocycles. The Morgan fingerprint density at radius 2 is 1.04 bits per heavy atom. The zero-order valence-electron chi connectivity index (χ0n) is 15.3. The van der Waals surface area contributed by atoms with Gasteiger partial charge in [-0.15, -0.1) is 0 Å². The first kappa shape index (κ1) is 28.0. The number of aryl methyl sites for hydroxylation is 1. The minimum atomic E-state index is 0. The summed E-state index contributed by atoms with van der Waals surface area (Å²) in [6.07, 6.45) is 0. The van der Waals surface area contributed by atoms with E-state index in [9.17, 15) is 0 Å². The maximum Gasteiger partial charge on any atom is 4.00 e. The Morgan fingerprint density at radius 1 is 0.630 bits per heavy atom. The Kier molecular flexibility index (Phi) is 18.9. The molecule has 4 rings (SSSR count). The normalized spacial score (nSPS) is 8.19. The first-order chi connectivity index (χ1) is 11.8. The minimum Gasteiger partial charge on any atom is -1.00 e. The third kappa shape index (κ3) is 13.6. The zero-order valence-corrected chi connectivity index (χ0v) is 20.4. The van der Waals surface area contributed by atoms with Crippen LogP contribution in [0, 0.1) is 6.92 Å². The SMILES string of the molecule is C[c-]1cccc1.[Cl-].[Cl-].[Zr+4].c1cc[cH-]c1.c1ccc([SiH]c2ccccc2)cc1. The van der Waals surface area contributed by atoms with Gasteiger partial charge in [0.2, 0.25) is 0 Å². The Bertz CT molecular complexity index is 685. The van der Waals surface area contributed by atoms with E-state index in [2.05, 4.69) is 79.7 Å². The second-order valence-corrected chi connectivity index (χ2v) is 7.01. The van der Waals surface area contributed by atoms with Crippen molar-refractivity contribution in [3.05, 3.63) is 121 Å². The first-order valence-electron chi connectivity index (χ1n) is 8.14. The van der Waals surface area contributed by atoms with Crippen molar-refractivity contribution in [1.29, 1.82) is 0 Å². The number of benzene rings is 2. The zero-order chi connectivity index (χ0) is 16.9. The summed E-state index contributed by atoms with van der Waals surface area (Å²) in [5.41, 5.74) is 1.34. The summed E-state index contributed by atoms with van der Waals surface area (Å²) in [5.74, 6) is 0. The topological polar surface area (TPSA) is 0 Å². The van der Waals surface area contributed by atoms with Gasteiger partial charge in [0, 0.05) is 0 Å². The minimum absolute atomic E-state index is 0. The molecule has 0 aliphatic heterocycles. The van der Waals surface area contributed by atoms with E-state index in [-0.39, 0.29) is 60.5 Å². The Morgan fingerprint density at radius 3 is 1.30 bits per heavy atom. The van der Waals surface area contributed by atoms with Crippen molar-refractivity contribution < 1.29 is 51.0 Å². The van der Waals surface area contributed by atoms with E-state index in [0.717, 1.165) is 0 Å². The van der Waals surface area contributed by atoms with E-state index in [1.807, 2.05) is 42.5 Å². The quantitative estimate of drug-likeness (QED) is 0.230. The summed E-state index contributed by atoms with van der Waals surface area (Å²) in [6.45, 7) is 2.08. The molecule has 0 saturated heterocycles. The van der Waals surface area contributed by atoms with Crippen LogP contribution in [0.4, 0.5) is 0 Å². The van der Waals surface area contributed by atoms with Crippen LogP contribution in [0.1, 0.15) is 5.56 Å². The molecule has 0 aliphatic rings. The molecular weight excluding hydrogens is 466 g/mol. The Balaban J connectivity index is 0. The molecule has 4 heteroatoms. The second kappa shape index (κ2) is 18.2. The standard InChI is InChI=1S/C12H11Si.C6H7.C5H5.2ClH.Zr/c1-3-7-11(8-4-1)13-12-9-5-2-6-10-12;1-6-4-2-3-5-6;1-2-4-5-3-1;;;/h1-10,13H;2-5H,1H3;1-5H;2*1H;/q;2*-1;;;+4/p-2. The molecule has 0 aromatic heterocycles. The number of hydrogen-bond donors (Lipinski definition) is 0. The van der Waals surface area contributed by atoms with Crippen molar-refractivity contribution >= 4 is 19.9 Å². The van der Waals surface area contributed by atoms with Crippen molar-refractivity contribution in [2.45, 2.75) is 6.92 Å². The molecule has 0 N–H and O–H groups in total. The molecule has 0 fully saturated rings. The molecule has 0 saturated carbocycles. The van der Waals surface area contributed by atoms with Crippen molar-refractivity contribution in [2.75, 3.05) is 0 Å². The molecule has 4 aromatic carbocycles. The number of rotatable bonds is 2. The molecule has 1 radical (unpaired) electrons. The fourth-order valence-electron chi connectivity index (χ4n) is 2.08. The Hall–Kier alpha value is -1.18. The molecule has 0 nitrogen and oxygen atoms in total. The molecule has 0 bridgehead atoms. The third-order valence-corrected chi connectivity index (χ3v) is 4.75. The van der Waals surface area contributed by atoms with E-state index in [4.69, 9.17) is 0 Å². The van der Waals surface area contributed by atoms with Crippen LogP contribution in [0.5, 0.6) is 0 Å². The largest absolute Gasteiger partial charge is 4.00 e. The van der Waals surface area contributed by atoms with Gasteiger partial charge in [-0.3, -0.25) is 0 Å². The molecular formula is C23H23Cl2SiZr. The Labute approximate surface area is 197 Å². The van der Waals surface area contributed by atoms with E-state index < -0.39 is 0 Å². The summed E-state index contributed by atoms with van der Waals surface area (Å²) >= 11 is 0. The van der Waals surface area contributed by atoms with Crippen molar-refractivity contribution in [2.24, 2.45) is 0 Å². The summed E-state index contributed by atoms with van der Waals surface area (Å²) in [6, 6.07) is 39.6. The van der Waals surface area contributed by atoms with Gasteiger partial charge in [0.15, 0.2) is 0 Å². The summed E-state index contributed by atoms with van der Waals surface area (Å²) in [4.78, 5) is 0. The summed E-state index contributed by atoms with van der Waals surface area (Å²) in [5, 5.41) is 2.90. The predicted octanol–water partition coefficient (Wildman–Crippen LogP) is -1.80. The van der Waals surface area contributed by atoms with Gasteiger partial charge in [0.05, 0.1) is 0 Å². The second-order valence-electron chi connectivity index (χ2n) is 5.39. The smallest absolute Gasteiger partial charge is 1.00 e. The van der Waals surface area contributed by atoms with Crippen LogP contribution in [0.25, 0.3) is 0 Å². The number of hydrogen-bond acceptors (Lipinski definition) is 0. The van der Waals surface area contributed by atoms with Gasteiger partial charge < -0.3 is 24.8 Å². The maximum absolute atomic E-state index is 2.20. The third-order valence-electron chi connectivity index (χ3n) is 3.32. The van der Waals surface area contributed by atoms with Gasteiger partial charge in [0.1, 0.15) is 9.52 Å². The van der Waals surface area contributed by atoms with E-state index >= 15 is 0 Å². The van der Waals surface area contributed by atoms with Gasteiger partial charge in [-0.1, -0.05) is 78.0 Å². The number of halogens is 2. The van der Waals surface area contributed by atoms with Gasteiger partial charge >= 0.3 is 26.2 Å². The molecule has 137 valence electrons. The molecule has 4 aromatic rings.